The van der Waals surface area contributed by atoms with Crippen LogP contribution in [0.3, 0.4) is 0 Å². The molecule has 9 nitrogen and oxygen atoms in total. The van der Waals surface area contributed by atoms with Gasteiger partial charge in [-0.05, 0) is 36.5 Å². The summed E-state index contributed by atoms with van der Waals surface area (Å²) < 4.78 is 5.26. The van der Waals surface area contributed by atoms with E-state index in [1.54, 1.807) is 24.4 Å². The highest BCUT2D eigenvalue weighted by Gasteiger charge is 2.42. The molecule has 0 aliphatic carbocycles. The van der Waals surface area contributed by atoms with Crippen molar-refractivity contribution in [1.82, 2.24) is 20.9 Å². The number of thiol groups is 1. The molecule has 2 aromatic rings. The summed E-state index contributed by atoms with van der Waals surface area (Å²) in [7, 11) is 0. The van der Waals surface area contributed by atoms with Crippen molar-refractivity contribution in [1.29, 1.82) is 0 Å². The molecule has 0 aliphatic heterocycles. The standard InChI is InChI=1S/C26H36N4O5S/c1-4-10-22(26(34,36)24(32)28-16-20-13-8-9-14-27-20)30-23(31)21(15-18(2)3)29-25(33)35-17-19-11-6-5-7-12-19/h5-9,11-14,18,21-22,34,36H,4,10,15-17H2,1-3H3,(H,28,32)(H,29,33)(H,30,31)/t21-,22-,26+/m0/s1. The van der Waals surface area contributed by atoms with Gasteiger partial charge < -0.3 is 25.8 Å². The molecule has 36 heavy (non-hydrogen) atoms. The van der Waals surface area contributed by atoms with Crippen LogP contribution in [0.2, 0.25) is 0 Å². The highest BCUT2D eigenvalue weighted by molar-refractivity contribution is 7.82. The van der Waals surface area contributed by atoms with Crippen molar-refractivity contribution < 1.29 is 24.2 Å². The van der Waals surface area contributed by atoms with E-state index in [1.165, 1.54) is 0 Å². The molecule has 4 N–H and O–H groups in total. The quantitative estimate of drug-likeness (QED) is 0.206. The molecular weight excluding hydrogens is 480 g/mol. The van der Waals surface area contributed by atoms with E-state index in [0.717, 1.165) is 5.56 Å². The van der Waals surface area contributed by atoms with Crippen molar-refractivity contribution >= 4 is 30.5 Å². The summed E-state index contributed by atoms with van der Waals surface area (Å²) in [6.07, 6.45) is 2.06. The maximum Gasteiger partial charge on any atom is 0.408 e. The van der Waals surface area contributed by atoms with Crippen LogP contribution in [0.4, 0.5) is 4.79 Å². The Labute approximate surface area is 217 Å². The van der Waals surface area contributed by atoms with Gasteiger partial charge in [-0.1, -0.05) is 63.6 Å². The summed E-state index contributed by atoms with van der Waals surface area (Å²) in [6, 6.07) is 12.5. The zero-order chi connectivity index (χ0) is 26.6. The second-order valence-corrected chi connectivity index (χ2v) is 9.65. The molecule has 0 saturated carbocycles. The number of nitrogens with zero attached hydrogens (tertiary/aromatic N) is 1. The molecule has 0 spiro atoms. The predicted octanol–water partition coefficient (Wildman–Crippen LogP) is 2.94. The molecule has 0 fully saturated rings. The maximum absolute atomic E-state index is 13.2. The van der Waals surface area contributed by atoms with E-state index in [9.17, 15) is 19.5 Å². The third-order valence-corrected chi connectivity index (χ3v) is 5.91. The molecule has 0 saturated heterocycles. The van der Waals surface area contributed by atoms with Crippen LogP contribution in [-0.2, 0) is 27.5 Å². The lowest BCUT2D eigenvalue weighted by molar-refractivity contribution is -0.135. The van der Waals surface area contributed by atoms with E-state index >= 15 is 0 Å². The number of nitrogens with one attached hydrogen (secondary N) is 3. The summed E-state index contributed by atoms with van der Waals surface area (Å²) in [5.41, 5.74) is 1.43. The van der Waals surface area contributed by atoms with Crippen molar-refractivity contribution in [3.8, 4) is 0 Å². The second-order valence-electron chi connectivity index (χ2n) is 8.97. The molecule has 3 amide bonds. The van der Waals surface area contributed by atoms with Crippen molar-refractivity contribution in [3.63, 3.8) is 0 Å². The van der Waals surface area contributed by atoms with Crippen LogP contribution in [0.25, 0.3) is 0 Å². The van der Waals surface area contributed by atoms with E-state index in [-0.39, 0.29) is 25.5 Å². The lowest BCUT2D eigenvalue weighted by Gasteiger charge is -2.32. The Hall–Kier alpha value is -3.11. The Bertz CT molecular complexity index is 973. The average Bonchev–Trinajstić information content (AvgIpc) is 2.86. The lowest BCUT2D eigenvalue weighted by atomic mass is 10.00. The van der Waals surface area contributed by atoms with E-state index in [4.69, 9.17) is 4.74 Å². The molecule has 0 bridgehead atoms. The average molecular weight is 517 g/mol. The molecule has 2 rings (SSSR count). The minimum Gasteiger partial charge on any atom is -0.445 e. The number of alkyl carbamates (subject to hydrolysis) is 1. The number of carbonyl (C=O) groups excluding carboxylic acids is 3. The molecule has 196 valence electrons. The third-order valence-electron chi connectivity index (χ3n) is 5.40. The second kappa shape index (κ2) is 14.4. The minimum absolute atomic E-state index is 0.0635. The monoisotopic (exact) mass is 516 g/mol. The number of pyridine rings is 1. The molecule has 0 aliphatic rings. The lowest BCUT2D eigenvalue weighted by Crippen LogP contribution is -2.60. The minimum atomic E-state index is -2.18. The molecule has 0 unspecified atom stereocenters. The summed E-state index contributed by atoms with van der Waals surface area (Å²) >= 11 is 4.21. The van der Waals surface area contributed by atoms with Crippen molar-refractivity contribution in [2.24, 2.45) is 5.92 Å². The number of hydrogen-bond donors (Lipinski definition) is 5. The van der Waals surface area contributed by atoms with Gasteiger partial charge in [0.05, 0.1) is 18.3 Å². The Morgan fingerprint density at radius 2 is 1.78 bits per heavy atom. The number of amides is 3. The predicted molar refractivity (Wildman–Crippen MR) is 140 cm³/mol. The Kier molecular flexibility index (Phi) is 11.7. The molecule has 1 aromatic carbocycles. The summed E-state index contributed by atoms with van der Waals surface area (Å²) in [6.45, 7) is 5.86. The van der Waals surface area contributed by atoms with Crippen molar-refractivity contribution in [2.75, 3.05) is 0 Å². The van der Waals surface area contributed by atoms with E-state index in [0.29, 0.717) is 18.5 Å². The first-order chi connectivity index (χ1) is 17.1. The molecule has 3 atom stereocenters. The van der Waals surface area contributed by atoms with Crippen LogP contribution >= 0.6 is 12.6 Å². The molecule has 1 aromatic heterocycles. The van der Waals surface area contributed by atoms with Crippen molar-refractivity contribution in [3.05, 3.63) is 66.0 Å². The third kappa shape index (κ3) is 9.50. The molecule has 1 heterocycles. The molecular formula is C26H36N4O5S. The normalized spacial score (nSPS) is 14.3. The number of hydrogen-bond acceptors (Lipinski definition) is 7. The van der Waals surface area contributed by atoms with E-state index < -0.39 is 34.9 Å². The Morgan fingerprint density at radius 3 is 2.39 bits per heavy atom. The van der Waals surface area contributed by atoms with Crippen LogP contribution in [0.1, 0.15) is 51.3 Å². The Morgan fingerprint density at radius 1 is 1.08 bits per heavy atom. The fourth-order valence-electron chi connectivity index (χ4n) is 3.51. The summed E-state index contributed by atoms with van der Waals surface area (Å²) in [5, 5.41) is 18.9. The van der Waals surface area contributed by atoms with E-state index in [2.05, 4.69) is 33.6 Å². The molecule has 10 heteroatoms. The van der Waals surface area contributed by atoms with Crippen LogP contribution in [0.5, 0.6) is 0 Å². The fourth-order valence-corrected chi connectivity index (χ4v) is 3.78. The van der Waals surface area contributed by atoms with Gasteiger partial charge in [0.25, 0.3) is 5.91 Å². The van der Waals surface area contributed by atoms with Gasteiger partial charge in [-0.3, -0.25) is 14.6 Å². The van der Waals surface area contributed by atoms with Gasteiger partial charge in [-0.15, -0.1) is 12.6 Å². The zero-order valence-electron chi connectivity index (χ0n) is 20.9. The van der Waals surface area contributed by atoms with E-state index in [1.807, 2.05) is 51.1 Å². The van der Waals surface area contributed by atoms with Crippen molar-refractivity contribution in [2.45, 2.75) is 70.2 Å². The fraction of sp³-hybridized carbons (Fsp3) is 0.462. The van der Waals surface area contributed by atoms with Gasteiger partial charge in [-0.2, -0.15) is 0 Å². The zero-order valence-corrected chi connectivity index (χ0v) is 21.8. The highest BCUT2D eigenvalue weighted by atomic mass is 32.1. The first kappa shape index (κ1) is 29.1. The molecule has 0 radical (unpaired) electrons. The largest absolute Gasteiger partial charge is 0.445 e. The number of benzene rings is 1. The number of carbonyl (C=O) groups is 3. The van der Waals surface area contributed by atoms with Gasteiger partial charge >= 0.3 is 6.09 Å². The van der Waals surface area contributed by atoms with Crippen LogP contribution in [-0.4, -0.2) is 45.0 Å². The van der Waals surface area contributed by atoms with Gasteiger partial charge in [0, 0.05) is 6.20 Å². The topological polar surface area (TPSA) is 130 Å². The number of aliphatic hydroxyl groups is 1. The van der Waals surface area contributed by atoms with Crippen LogP contribution in [0.15, 0.2) is 54.7 Å². The van der Waals surface area contributed by atoms with Crippen LogP contribution in [0, 0.1) is 5.92 Å². The first-order valence-corrected chi connectivity index (χ1v) is 12.5. The van der Waals surface area contributed by atoms with Gasteiger partial charge in [0.2, 0.25) is 10.8 Å². The van der Waals surface area contributed by atoms with Gasteiger partial charge in [0.15, 0.2) is 0 Å². The Balaban J connectivity index is 2.03. The number of aromatic nitrogens is 1. The number of ether oxygens (including phenoxy) is 1. The SMILES string of the molecule is CCC[C@H](NC(=O)[C@H](CC(C)C)NC(=O)OCc1ccccc1)[C@@](O)(S)C(=O)NCc1ccccn1. The van der Waals surface area contributed by atoms with Gasteiger partial charge in [0.1, 0.15) is 12.6 Å². The highest BCUT2D eigenvalue weighted by Crippen LogP contribution is 2.21. The first-order valence-electron chi connectivity index (χ1n) is 12.0. The smallest absolute Gasteiger partial charge is 0.408 e. The number of rotatable bonds is 13. The van der Waals surface area contributed by atoms with Crippen LogP contribution < -0.4 is 16.0 Å². The summed E-state index contributed by atoms with van der Waals surface area (Å²) in [4.78, 5) is 40.3. The maximum atomic E-state index is 13.2. The summed E-state index contributed by atoms with van der Waals surface area (Å²) in [5.74, 6) is -1.22. The van der Waals surface area contributed by atoms with Gasteiger partial charge in [-0.25, -0.2) is 4.79 Å².